The molecule has 1 amide bonds. The molecule has 1 aromatic carbocycles. The van der Waals surface area contributed by atoms with E-state index in [1.807, 2.05) is 6.92 Å². The van der Waals surface area contributed by atoms with Gasteiger partial charge in [0.05, 0.1) is 19.4 Å². The number of aryl methyl sites for hydroxylation is 1. The van der Waals surface area contributed by atoms with Gasteiger partial charge in [-0.3, -0.25) is 4.79 Å². The summed E-state index contributed by atoms with van der Waals surface area (Å²) in [6, 6.07) is 6.87. The number of amides is 1. The van der Waals surface area contributed by atoms with E-state index < -0.39 is 0 Å². The number of hydrogen-bond donors (Lipinski definition) is 2. The highest BCUT2D eigenvalue weighted by Crippen LogP contribution is 2.30. The van der Waals surface area contributed by atoms with E-state index in [4.69, 9.17) is 15.2 Å². The Bertz CT molecular complexity index is 650. The van der Waals surface area contributed by atoms with Gasteiger partial charge in [-0.15, -0.1) is 0 Å². The number of anilines is 2. The van der Waals surface area contributed by atoms with Crippen LogP contribution in [0.25, 0.3) is 0 Å². The number of rotatable bonds is 5. The first-order valence-corrected chi connectivity index (χ1v) is 6.59. The maximum absolute atomic E-state index is 12.2. The molecule has 0 aliphatic rings. The van der Waals surface area contributed by atoms with Gasteiger partial charge in [0.15, 0.2) is 11.5 Å². The molecular weight excluding hydrogens is 270 g/mol. The third-order valence-corrected chi connectivity index (χ3v) is 2.98. The van der Waals surface area contributed by atoms with Gasteiger partial charge in [0.25, 0.3) is 5.91 Å². The second-order valence-electron chi connectivity index (χ2n) is 4.52. The number of carbonyl (C=O) groups excluding carboxylic acids is 1. The number of nitrogen functional groups attached to an aromatic ring is 1. The first-order valence-electron chi connectivity index (χ1n) is 6.59. The molecule has 6 heteroatoms. The predicted molar refractivity (Wildman–Crippen MR) is 81.9 cm³/mol. The van der Waals surface area contributed by atoms with Crippen LogP contribution in [0, 0.1) is 0 Å². The Hall–Kier alpha value is -2.63. The Morgan fingerprint density at radius 1 is 1.33 bits per heavy atom. The second kappa shape index (κ2) is 6.21. The van der Waals surface area contributed by atoms with Gasteiger partial charge >= 0.3 is 0 Å². The van der Waals surface area contributed by atoms with Crippen molar-refractivity contribution in [1.29, 1.82) is 0 Å². The Balaban J connectivity index is 2.19. The van der Waals surface area contributed by atoms with Gasteiger partial charge < -0.3 is 25.1 Å². The lowest BCUT2D eigenvalue weighted by Crippen LogP contribution is -2.15. The molecule has 112 valence electrons. The van der Waals surface area contributed by atoms with Crippen molar-refractivity contribution < 1.29 is 14.3 Å². The van der Waals surface area contributed by atoms with Crippen LogP contribution in [-0.4, -0.2) is 24.2 Å². The number of nitrogens with two attached hydrogens (primary N) is 1. The lowest BCUT2D eigenvalue weighted by Gasteiger charge is -2.12. The number of ether oxygens (including phenoxy) is 2. The normalized spacial score (nSPS) is 10.2. The Kier molecular flexibility index (Phi) is 4.37. The molecular formula is C15H19N3O3. The number of methoxy groups -OCH3 is 1. The Morgan fingerprint density at radius 2 is 2.10 bits per heavy atom. The van der Waals surface area contributed by atoms with Crippen LogP contribution in [-0.2, 0) is 7.05 Å². The molecule has 3 N–H and O–H groups in total. The monoisotopic (exact) mass is 289 g/mol. The summed E-state index contributed by atoms with van der Waals surface area (Å²) in [5.41, 5.74) is 7.33. The molecule has 2 aromatic rings. The molecule has 0 spiro atoms. The van der Waals surface area contributed by atoms with Crippen molar-refractivity contribution in [3.8, 4) is 11.5 Å². The molecule has 0 saturated heterocycles. The number of nitrogens with one attached hydrogen (secondary N) is 1. The minimum absolute atomic E-state index is 0.236. The number of carbonyl (C=O) groups is 1. The fourth-order valence-electron chi connectivity index (χ4n) is 2.03. The lowest BCUT2D eigenvalue weighted by molar-refractivity contribution is 0.101. The molecule has 6 nitrogen and oxygen atoms in total. The van der Waals surface area contributed by atoms with Gasteiger partial charge in [0.2, 0.25) is 0 Å². The zero-order valence-electron chi connectivity index (χ0n) is 12.3. The van der Waals surface area contributed by atoms with Crippen LogP contribution in [0.1, 0.15) is 17.4 Å². The molecule has 2 rings (SSSR count). The first kappa shape index (κ1) is 14.8. The molecule has 0 aliphatic heterocycles. The molecule has 0 bridgehead atoms. The van der Waals surface area contributed by atoms with Crippen LogP contribution < -0.4 is 20.5 Å². The van der Waals surface area contributed by atoms with Crippen molar-refractivity contribution in [3.05, 3.63) is 36.2 Å². The average Bonchev–Trinajstić information content (AvgIpc) is 2.79. The van der Waals surface area contributed by atoms with E-state index in [0.29, 0.717) is 35.2 Å². The summed E-state index contributed by atoms with van der Waals surface area (Å²) < 4.78 is 12.4. The molecule has 0 unspecified atom stereocenters. The van der Waals surface area contributed by atoms with Gasteiger partial charge in [-0.25, -0.2) is 0 Å². The van der Waals surface area contributed by atoms with E-state index in [9.17, 15) is 4.79 Å². The topological polar surface area (TPSA) is 78.5 Å². The highest BCUT2D eigenvalue weighted by Gasteiger charge is 2.12. The third kappa shape index (κ3) is 3.28. The Labute approximate surface area is 123 Å². The Morgan fingerprint density at radius 3 is 2.67 bits per heavy atom. The van der Waals surface area contributed by atoms with Crippen LogP contribution in [0.5, 0.6) is 11.5 Å². The fourth-order valence-corrected chi connectivity index (χ4v) is 2.03. The zero-order valence-corrected chi connectivity index (χ0v) is 12.3. The SMILES string of the molecule is CCOc1ccc(NC(=O)c2cc(N)cn2C)cc1OC. The number of hydrogen-bond acceptors (Lipinski definition) is 4. The smallest absolute Gasteiger partial charge is 0.272 e. The van der Waals surface area contributed by atoms with E-state index in [1.165, 1.54) is 0 Å². The van der Waals surface area contributed by atoms with Gasteiger partial charge in [0, 0.05) is 25.0 Å². The van der Waals surface area contributed by atoms with Crippen molar-refractivity contribution >= 4 is 17.3 Å². The molecule has 0 radical (unpaired) electrons. The van der Waals surface area contributed by atoms with Gasteiger partial charge in [-0.2, -0.15) is 0 Å². The predicted octanol–water partition coefficient (Wildman–Crippen LogP) is 2.27. The standard InChI is InChI=1S/C15H19N3O3/c1-4-21-13-6-5-11(8-14(13)20-3)17-15(19)12-7-10(16)9-18(12)2/h5-9H,4,16H2,1-3H3,(H,17,19). The quantitative estimate of drug-likeness (QED) is 0.885. The molecule has 0 fully saturated rings. The summed E-state index contributed by atoms with van der Waals surface area (Å²) in [4.78, 5) is 12.2. The van der Waals surface area contributed by atoms with Crippen molar-refractivity contribution in [3.63, 3.8) is 0 Å². The lowest BCUT2D eigenvalue weighted by atomic mass is 10.2. The van der Waals surface area contributed by atoms with Crippen LogP contribution in [0.2, 0.25) is 0 Å². The molecule has 0 atom stereocenters. The van der Waals surface area contributed by atoms with Gasteiger partial charge in [0.1, 0.15) is 5.69 Å². The van der Waals surface area contributed by atoms with E-state index in [-0.39, 0.29) is 5.91 Å². The first-order chi connectivity index (χ1) is 10.0. The minimum Gasteiger partial charge on any atom is -0.493 e. The largest absolute Gasteiger partial charge is 0.493 e. The minimum atomic E-state index is -0.236. The summed E-state index contributed by atoms with van der Waals surface area (Å²) in [6.07, 6.45) is 1.69. The highest BCUT2D eigenvalue weighted by atomic mass is 16.5. The number of nitrogens with zero attached hydrogens (tertiary/aromatic N) is 1. The van der Waals surface area contributed by atoms with Crippen LogP contribution in [0.3, 0.4) is 0 Å². The van der Waals surface area contributed by atoms with E-state index in [1.54, 1.807) is 49.2 Å². The van der Waals surface area contributed by atoms with Crippen LogP contribution in [0.4, 0.5) is 11.4 Å². The molecule has 0 saturated carbocycles. The number of benzene rings is 1. The van der Waals surface area contributed by atoms with Gasteiger partial charge in [-0.05, 0) is 25.1 Å². The van der Waals surface area contributed by atoms with Crippen molar-refractivity contribution in [2.45, 2.75) is 6.92 Å². The second-order valence-corrected chi connectivity index (χ2v) is 4.52. The summed E-state index contributed by atoms with van der Waals surface area (Å²) in [7, 11) is 3.32. The van der Waals surface area contributed by atoms with E-state index >= 15 is 0 Å². The summed E-state index contributed by atoms with van der Waals surface area (Å²) in [6.45, 7) is 2.44. The number of aromatic nitrogens is 1. The molecule has 21 heavy (non-hydrogen) atoms. The van der Waals surface area contributed by atoms with Crippen molar-refractivity contribution in [1.82, 2.24) is 4.57 Å². The van der Waals surface area contributed by atoms with Gasteiger partial charge in [-0.1, -0.05) is 0 Å². The van der Waals surface area contributed by atoms with Crippen LogP contribution >= 0.6 is 0 Å². The van der Waals surface area contributed by atoms with E-state index in [0.717, 1.165) is 0 Å². The maximum Gasteiger partial charge on any atom is 0.272 e. The van der Waals surface area contributed by atoms with Crippen molar-refractivity contribution in [2.75, 3.05) is 24.8 Å². The zero-order chi connectivity index (χ0) is 15.4. The molecule has 0 aliphatic carbocycles. The van der Waals surface area contributed by atoms with Crippen molar-refractivity contribution in [2.24, 2.45) is 7.05 Å². The van der Waals surface area contributed by atoms with Crippen LogP contribution in [0.15, 0.2) is 30.5 Å². The summed E-state index contributed by atoms with van der Waals surface area (Å²) >= 11 is 0. The average molecular weight is 289 g/mol. The third-order valence-electron chi connectivity index (χ3n) is 2.98. The maximum atomic E-state index is 12.2. The summed E-state index contributed by atoms with van der Waals surface area (Å²) in [5, 5.41) is 2.81. The van der Waals surface area contributed by atoms with E-state index in [2.05, 4.69) is 5.32 Å². The highest BCUT2D eigenvalue weighted by molar-refractivity contribution is 6.04. The molecule has 1 heterocycles. The fraction of sp³-hybridized carbons (Fsp3) is 0.267. The summed E-state index contributed by atoms with van der Waals surface area (Å²) in [5.74, 6) is 0.975. The molecule has 1 aromatic heterocycles.